The van der Waals surface area contributed by atoms with Crippen LogP contribution in [-0.2, 0) is 0 Å². The standard InChI is InChI=1S/C16H17ClIN/c1-10(2)11-3-5-12(6-4-11)16(19)13-7-8-15(18)14(17)9-13/h3-10,16H,19H2,1-2H3. The van der Waals surface area contributed by atoms with Gasteiger partial charge in [-0.2, -0.15) is 0 Å². The third kappa shape index (κ3) is 3.50. The summed E-state index contributed by atoms with van der Waals surface area (Å²) in [5, 5.41) is 0.757. The normalized spacial score (nSPS) is 12.7. The van der Waals surface area contributed by atoms with Gasteiger partial charge >= 0.3 is 0 Å². The van der Waals surface area contributed by atoms with Crippen LogP contribution in [0.3, 0.4) is 0 Å². The lowest BCUT2D eigenvalue weighted by atomic mass is 9.96. The molecule has 100 valence electrons. The monoisotopic (exact) mass is 385 g/mol. The van der Waals surface area contributed by atoms with E-state index in [-0.39, 0.29) is 6.04 Å². The zero-order chi connectivity index (χ0) is 14.0. The molecule has 2 aromatic carbocycles. The molecule has 0 spiro atoms. The van der Waals surface area contributed by atoms with Crippen LogP contribution < -0.4 is 5.73 Å². The lowest BCUT2D eigenvalue weighted by Gasteiger charge is -2.15. The number of benzene rings is 2. The van der Waals surface area contributed by atoms with Gasteiger partial charge in [-0.25, -0.2) is 0 Å². The van der Waals surface area contributed by atoms with E-state index in [4.69, 9.17) is 17.3 Å². The molecule has 19 heavy (non-hydrogen) atoms. The van der Waals surface area contributed by atoms with E-state index in [0.717, 1.165) is 19.7 Å². The van der Waals surface area contributed by atoms with Crippen molar-refractivity contribution in [1.29, 1.82) is 0 Å². The van der Waals surface area contributed by atoms with Crippen molar-refractivity contribution >= 4 is 34.2 Å². The predicted octanol–water partition coefficient (Wildman–Crippen LogP) is 5.12. The molecule has 2 rings (SSSR count). The average molecular weight is 386 g/mol. The van der Waals surface area contributed by atoms with Crippen LogP contribution >= 0.6 is 34.2 Å². The number of halogens is 2. The van der Waals surface area contributed by atoms with Gasteiger partial charge in [-0.1, -0.05) is 55.8 Å². The molecule has 0 radical (unpaired) electrons. The SMILES string of the molecule is CC(C)c1ccc(C(N)c2ccc(I)c(Cl)c2)cc1. The summed E-state index contributed by atoms with van der Waals surface area (Å²) in [6, 6.07) is 14.4. The molecule has 0 fully saturated rings. The third-order valence-corrected chi connectivity index (χ3v) is 4.84. The second-order valence-electron chi connectivity index (χ2n) is 4.97. The van der Waals surface area contributed by atoms with E-state index in [2.05, 4.69) is 60.7 Å². The molecule has 0 saturated carbocycles. The summed E-state index contributed by atoms with van der Waals surface area (Å²) in [6.07, 6.45) is 0. The van der Waals surface area contributed by atoms with Crippen molar-refractivity contribution in [2.45, 2.75) is 25.8 Å². The summed E-state index contributed by atoms with van der Waals surface area (Å²) in [4.78, 5) is 0. The van der Waals surface area contributed by atoms with E-state index in [1.807, 2.05) is 18.2 Å². The molecule has 2 aromatic rings. The molecular formula is C16H17ClIN. The molecule has 0 aromatic heterocycles. The van der Waals surface area contributed by atoms with E-state index < -0.39 is 0 Å². The average Bonchev–Trinajstić information content (AvgIpc) is 2.41. The summed E-state index contributed by atoms with van der Waals surface area (Å²) in [5.41, 5.74) is 9.79. The summed E-state index contributed by atoms with van der Waals surface area (Å²) in [6.45, 7) is 4.38. The van der Waals surface area contributed by atoms with Gasteiger partial charge in [-0.15, -0.1) is 0 Å². The zero-order valence-electron chi connectivity index (χ0n) is 11.0. The highest BCUT2D eigenvalue weighted by molar-refractivity contribution is 14.1. The van der Waals surface area contributed by atoms with Crippen LogP contribution in [0.1, 0.15) is 42.5 Å². The van der Waals surface area contributed by atoms with E-state index in [9.17, 15) is 0 Å². The molecule has 0 aliphatic heterocycles. The minimum atomic E-state index is -0.129. The van der Waals surface area contributed by atoms with Crippen LogP contribution in [0.25, 0.3) is 0 Å². The van der Waals surface area contributed by atoms with Crippen LogP contribution in [0.2, 0.25) is 5.02 Å². The van der Waals surface area contributed by atoms with Crippen LogP contribution in [0, 0.1) is 3.57 Å². The van der Waals surface area contributed by atoms with Crippen molar-refractivity contribution in [1.82, 2.24) is 0 Å². The van der Waals surface area contributed by atoms with Crippen molar-refractivity contribution < 1.29 is 0 Å². The Hall–Kier alpha value is -0.580. The van der Waals surface area contributed by atoms with Crippen LogP contribution in [0.15, 0.2) is 42.5 Å². The first-order valence-corrected chi connectivity index (χ1v) is 7.75. The lowest BCUT2D eigenvalue weighted by molar-refractivity contribution is 0.847. The Morgan fingerprint density at radius 3 is 2.00 bits per heavy atom. The summed E-state index contributed by atoms with van der Waals surface area (Å²) < 4.78 is 1.05. The Labute approximate surface area is 133 Å². The molecule has 0 heterocycles. The topological polar surface area (TPSA) is 26.0 Å². The molecule has 1 unspecified atom stereocenters. The molecule has 0 bridgehead atoms. The van der Waals surface area contributed by atoms with Crippen LogP contribution in [0.4, 0.5) is 0 Å². The highest BCUT2D eigenvalue weighted by Gasteiger charge is 2.11. The first-order chi connectivity index (χ1) is 8.99. The van der Waals surface area contributed by atoms with Gasteiger partial charge in [0.1, 0.15) is 0 Å². The van der Waals surface area contributed by atoms with E-state index in [1.165, 1.54) is 5.56 Å². The Morgan fingerprint density at radius 1 is 0.947 bits per heavy atom. The van der Waals surface area contributed by atoms with Gasteiger partial charge in [-0.3, -0.25) is 0 Å². The van der Waals surface area contributed by atoms with Gasteiger partial charge < -0.3 is 5.73 Å². The summed E-state index contributed by atoms with van der Waals surface area (Å²) in [7, 11) is 0. The molecule has 3 heteroatoms. The van der Waals surface area contributed by atoms with Crippen molar-refractivity contribution in [3.63, 3.8) is 0 Å². The van der Waals surface area contributed by atoms with Gasteiger partial charge in [0.15, 0.2) is 0 Å². The van der Waals surface area contributed by atoms with Crippen molar-refractivity contribution in [3.8, 4) is 0 Å². The quantitative estimate of drug-likeness (QED) is 0.730. The second kappa shape index (κ2) is 6.25. The second-order valence-corrected chi connectivity index (χ2v) is 6.54. The Bertz CT molecular complexity index is 563. The van der Waals surface area contributed by atoms with Gasteiger partial charge in [0.05, 0.1) is 11.1 Å². The van der Waals surface area contributed by atoms with Crippen molar-refractivity contribution in [2.24, 2.45) is 5.73 Å². The predicted molar refractivity (Wildman–Crippen MR) is 90.7 cm³/mol. The largest absolute Gasteiger partial charge is 0.320 e. The maximum atomic E-state index is 6.30. The fourth-order valence-corrected chi connectivity index (χ4v) is 2.51. The minimum absolute atomic E-state index is 0.129. The highest BCUT2D eigenvalue weighted by Crippen LogP contribution is 2.26. The Balaban J connectivity index is 2.27. The third-order valence-electron chi connectivity index (χ3n) is 3.27. The lowest BCUT2D eigenvalue weighted by Crippen LogP contribution is -2.12. The van der Waals surface area contributed by atoms with Crippen LogP contribution in [0.5, 0.6) is 0 Å². The zero-order valence-corrected chi connectivity index (χ0v) is 13.9. The van der Waals surface area contributed by atoms with Gasteiger partial charge in [0.2, 0.25) is 0 Å². The number of nitrogens with two attached hydrogens (primary N) is 1. The Morgan fingerprint density at radius 2 is 1.47 bits per heavy atom. The first-order valence-electron chi connectivity index (χ1n) is 6.29. The number of rotatable bonds is 3. The maximum Gasteiger partial charge on any atom is 0.0552 e. The highest BCUT2D eigenvalue weighted by atomic mass is 127. The van der Waals surface area contributed by atoms with Gasteiger partial charge in [-0.05, 0) is 57.3 Å². The first kappa shape index (κ1) is 14.8. The molecule has 0 aliphatic carbocycles. The van der Waals surface area contributed by atoms with Crippen LogP contribution in [-0.4, -0.2) is 0 Å². The molecule has 1 nitrogen and oxygen atoms in total. The summed E-state index contributed by atoms with van der Waals surface area (Å²) >= 11 is 8.37. The Kier molecular flexibility index (Phi) is 4.87. The minimum Gasteiger partial charge on any atom is -0.320 e. The maximum absolute atomic E-state index is 6.30. The van der Waals surface area contributed by atoms with E-state index in [1.54, 1.807) is 0 Å². The molecule has 2 N–H and O–H groups in total. The fraction of sp³-hybridized carbons (Fsp3) is 0.250. The molecule has 0 aliphatic rings. The smallest absolute Gasteiger partial charge is 0.0552 e. The molecule has 0 amide bonds. The van der Waals surface area contributed by atoms with Crippen molar-refractivity contribution in [3.05, 3.63) is 67.7 Å². The van der Waals surface area contributed by atoms with Gasteiger partial charge in [0, 0.05) is 3.57 Å². The molecular weight excluding hydrogens is 369 g/mol. The van der Waals surface area contributed by atoms with E-state index in [0.29, 0.717) is 5.92 Å². The molecule has 0 saturated heterocycles. The van der Waals surface area contributed by atoms with E-state index >= 15 is 0 Å². The summed E-state index contributed by atoms with van der Waals surface area (Å²) in [5.74, 6) is 0.540. The molecule has 1 atom stereocenters. The fourth-order valence-electron chi connectivity index (χ4n) is 1.99. The van der Waals surface area contributed by atoms with Crippen molar-refractivity contribution in [2.75, 3.05) is 0 Å². The number of hydrogen-bond acceptors (Lipinski definition) is 1. The van der Waals surface area contributed by atoms with Gasteiger partial charge in [0.25, 0.3) is 0 Å². The number of hydrogen-bond donors (Lipinski definition) is 1.